The number of allylic oxidation sites excluding steroid dienone is 2. The van der Waals surface area contributed by atoms with Crippen LogP contribution in [0, 0.1) is 6.92 Å². The van der Waals surface area contributed by atoms with E-state index in [4.69, 9.17) is 0 Å². The van der Waals surface area contributed by atoms with Gasteiger partial charge in [0.15, 0.2) is 9.84 Å². The Hall–Kier alpha value is -1.87. The van der Waals surface area contributed by atoms with Crippen molar-refractivity contribution in [3.8, 4) is 0 Å². The van der Waals surface area contributed by atoms with Crippen LogP contribution in [0.5, 0.6) is 0 Å². The highest BCUT2D eigenvalue weighted by molar-refractivity contribution is 7.90. The Bertz CT molecular complexity index is 724. The second-order valence-electron chi connectivity index (χ2n) is 4.77. The predicted octanol–water partition coefficient (Wildman–Crippen LogP) is 3.85. The summed E-state index contributed by atoms with van der Waals surface area (Å²) in [6.45, 7) is 6.12. The van der Waals surface area contributed by atoms with Crippen molar-refractivity contribution in [2.45, 2.75) is 11.8 Å². The number of benzene rings is 2. The van der Waals surface area contributed by atoms with Crippen molar-refractivity contribution in [2.75, 3.05) is 6.26 Å². The number of sulfone groups is 1. The van der Waals surface area contributed by atoms with Crippen LogP contribution in [0.15, 0.2) is 59.5 Å². The van der Waals surface area contributed by atoms with Crippen LogP contribution < -0.4 is 0 Å². The van der Waals surface area contributed by atoms with E-state index in [1.54, 1.807) is 24.3 Å². The summed E-state index contributed by atoms with van der Waals surface area (Å²) in [6.07, 6.45) is 1.21. The lowest BCUT2D eigenvalue weighted by Crippen LogP contribution is -1.96. The van der Waals surface area contributed by atoms with E-state index in [0.29, 0.717) is 4.90 Å². The van der Waals surface area contributed by atoms with Crippen molar-refractivity contribution in [3.05, 3.63) is 72.6 Å². The van der Waals surface area contributed by atoms with Gasteiger partial charge in [-0.2, -0.15) is 0 Å². The molecule has 103 valence electrons. The van der Waals surface area contributed by atoms with Gasteiger partial charge in [0.1, 0.15) is 0 Å². The Morgan fingerprint density at radius 1 is 0.900 bits per heavy atom. The maximum absolute atomic E-state index is 11.4. The van der Waals surface area contributed by atoms with Gasteiger partial charge in [-0.3, -0.25) is 0 Å². The van der Waals surface area contributed by atoms with Crippen LogP contribution in [-0.2, 0) is 9.84 Å². The monoisotopic (exact) mass is 285 g/mol. The van der Waals surface area contributed by atoms with Crippen molar-refractivity contribution in [1.82, 2.24) is 0 Å². The molecule has 0 bridgehead atoms. The zero-order valence-electron chi connectivity index (χ0n) is 11.6. The van der Waals surface area contributed by atoms with Crippen LogP contribution >= 0.6 is 0 Å². The maximum Gasteiger partial charge on any atom is 0.175 e. The highest BCUT2D eigenvalue weighted by atomic mass is 32.2. The molecule has 0 aliphatic heterocycles. The van der Waals surface area contributed by atoms with Gasteiger partial charge in [-0.15, -0.1) is 0 Å². The van der Waals surface area contributed by atoms with Gasteiger partial charge in [-0.05, 0) is 48.3 Å². The summed E-state index contributed by atoms with van der Waals surface area (Å²) < 4.78 is 22.9. The summed E-state index contributed by atoms with van der Waals surface area (Å²) in [4.78, 5) is 0.325. The van der Waals surface area contributed by atoms with E-state index < -0.39 is 9.84 Å². The lowest BCUT2D eigenvalue weighted by atomic mass is 9.97. The van der Waals surface area contributed by atoms with Crippen LogP contribution in [0.25, 0.3) is 11.1 Å². The molecule has 0 atom stereocenters. The Morgan fingerprint density at radius 2 is 1.45 bits per heavy atom. The second kappa shape index (κ2) is 5.63. The van der Waals surface area contributed by atoms with Gasteiger partial charge in [-0.1, -0.05) is 42.5 Å². The Kier molecular flexibility index (Phi) is 4.09. The van der Waals surface area contributed by atoms with Crippen LogP contribution in [0.3, 0.4) is 0 Å². The van der Waals surface area contributed by atoms with Crippen molar-refractivity contribution in [2.24, 2.45) is 0 Å². The molecule has 2 nitrogen and oxygen atoms in total. The van der Waals surface area contributed by atoms with E-state index in [9.17, 15) is 8.42 Å². The third-order valence-electron chi connectivity index (χ3n) is 3.29. The average molecular weight is 285 g/mol. The molecule has 0 fully saturated rings. The molecule has 0 heterocycles. The summed E-state index contributed by atoms with van der Waals surface area (Å²) in [7, 11) is -3.15. The molecule has 20 heavy (non-hydrogen) atoms. The molecule has 0 amide bonds. The summed E-state index contributed by atoms with van der Waals surface area (Å²) in [6, 6.07) is 16.8. The maximum atomic E-state index is 11.4. The number of rotatable bonds is 3. The van der Waals surface area contributed by atoms with Gasteiger partial charge in [0.05, 0.1) is 4.90 Å². The summed E-state index contributed by atoms with van der Waals surface area (Å²) in [5.41, 5.74) is 4.03. The van der Waals surface area contributed by atoms with E-state index in [2.05, 4.69) is 6.92 Å². The fourth-order valence-corrected chi connectivity index (χ4v) is 2.61. The van der Waals surface area contributed by atoms with Gasteiger partial charge < -0.3 is 0 Å². The zero-order chi connectivity index (χ0) is 14.8. The smallest absolute Gasteiger partial charge is 0.175 e. The molecule has 0 spiro atoms. The molecule has 1 radical (unpaired) electrons. The third-order valence-corrected chi connectivity index (χ3v) is 4.42. The molecule has 0 aliphatic rings. The molecule has 0 unspecified atom stereocenters. The lowest BCUT2D eigenvalue weighted by molar-refractivity contribution is 0.602. The predicted molar refractivity (Wildman–Crippen MR) is 83.8 cm³/mol. The fraction of sp³-hybridized carbons (Fsp3) is 0.118. The first-order valence-corrected chi connectivity index (χ1v) is 8.17. The third kappa shape index (κ3) is 3.17. The van der Waals surface area contributed by atoms with Crippen LogP contribution in [0.1, 0.15) is 18.1 Å². The molecule has 0 aromatic heterocycles. The quantitative estimate of drug-likeness (QED) is 0.803. The number of hydrogen-bond acceptors (Lipinski definition) is 2. The minimum Gasteiger partial charge on any atom is -0.224 e. The minimum absolute atomic E-state index is 0.325. The Morgan fingerprint density at radius 3 is 1.95 bits per heavy atom. The Labute approximate surface area is 120 Å². The van der Waals surface area contributed by atoms with E-state index in [1.807, 2.05) is 37.3 Å². The number of hydrogen-bond donors (Lipinski definition) is 0. The van der Waals surface area contributed by atoms with Gasteiger partial charge in [0.2, 0.25) is 0 Å². The van der Waals surface area contributed by atoms with Crippen molar-refractivity contribution in [3.63, 3.8) is 0 Å². The van der Waals surface area contributed by atoms with Crippen LogP contribution in [0.4, 0.5) is 0 Å². The molecule has 0 saturated carbocycles. The van der Waals surface area contributed by atoms with E-state index in [1.165, 1.54) is 6.26 Å². The second-order valence-corrected chi connectivity index (χ2v) is 6.78. The summed E-state index contributed by atoms with van der Waals surface area (Å²) in [5.74, 6) is 0. The molecule has 2 rings (SSSR count). The zero-order valence-corrected chi connectivity index (χ0v) is 12.4. The largest absolute Gasteiger partial charge is 0.224 e. The normalized spacial score (nSPS) is 12.9. The topological polar surface area (TPSA) is 34.1 Å². The average Bonchev–Trinajstić information content (AvgIpc) is 2.46. The van der Waals surface area contributed by atoms with Gasteiger partial charge in [0, 0.05) is 6.26 Å². The first-order chi connectivity index (χ1) is 9.39. The summed E-state index contributed by atoms with van der Waals surface area (Å²) >= 11 is 0. The highest BCUT2D eigenvalue weighted by Gasteiger charge is 2.08. The van der Waals surface area contributed by atoms with E-state index in [0.717, 1.165) is 22.3 Å². The molecular formula is C17H17O2S. The van der Waals surface area contributed by atoms with Crippen molar-refractivity contribution < 1.29 is 8.42 Å². The summed E-state index contributed by atoms with van der Waals surface area (Å²) in [5, 5.41) is 0. The SMILES string of the molecule is [CH2]/C(=C(/C)c1ccccc1)c1ccc(S(C)(=O)=O)cc1. The molecule has 2 aromatic rings. The van der Waals surface area contributed by atoms with Crippen LogP contribution in [-0.4, -0.2) is 14.7 Å². The molecule has 0 N–H and O–H groups in total. The molecule has 0 aliphatic carbocycles. The van der Waals surface area contributed by atoms with Gasteiger partial charge >= 0.3 is 0 Å². The first-order valence-electron chi connectivity index (χ1n) is 6.28. The molecule has 2 aromatic carbocycles. The molecule has 3 heteroatoms. The van der Waals surface area contributed by atoms with Crippen molar-refractivity contribution in [1.29, 1.82) is 0 Å². The van der Waals surface area contributed by atoms with E-state index in [-0.39, 0.29) is 0 Å². The van der Waals surface area contributed by atoms with Gasteiger partial charge in [-0.25, -0.2) is 8.42 Å². The van der Waals surface area contributed by atoms with Crippen molar-refractivity contribution >= 4 is 21.0 Å². The molecule has 0 saturated heterocycles. The Balaban J connectivity index is 2.41. The molecular weight excluding hydrogens is 268 g/mol. The minimum atomic E-state index is -3.15. The van der Waals surface area contributed by atoms with E-state index >= 15 is 0 Å². The lowest BCUT2D eigenvalue weighted by Gasteiger charge is -2.09. The van der Waals surface area contributed by atoms with Gasteiger partial charge in [0.25, 0.3) is 0 Å². The highest BCUT2D eigenvalue weighted by Crippen LogP contribution is 2.25. The first kappa shape index (κ1) is 14.5. The fourth-order valence-electron chi connectivity index (χ4n) is 1.98. The van der Waals surface area contributed by atoms with Crippen LogP contribution in [0.2, 0.25) is 0 Å². The standard InChI is InChI=1S/C17H17O2S/c1-13(15-7-5-4-6-8-15)14(2)16-9-11-17(12-10-16)20(3,18)19/h4-12H,2H2,1,3H3/b14-13+.